The Hall–Kier alpha value is -3.13. The maximum atomic E-state index is 12.9. The van der Waals surface area contributed by atoms with Gasteiger partial charge in [-0.2, -0.15) is 5.01 Å². The van der Waals surface area contributed by atoms with Crippen LogP contribution in [0.1, 0.15) is 43.5 Å². The van der Waals surface area contributed by atoms with Gasteiger partial charge in [0.2, 0.25) is 0 Å². The van der Waals surface area contributed by atoms with E-state index in [0.29, 0.717) is 12.8 Å². The Labute approximate surface area is 182 Å². The average molecular weight is 424 g/mol. The molecule has 2 aliphatic heterocycles. The van der Waals surface area contributed by atoms with Gasteiger partial charge in [-0.3, -0.25) is 19.9 Å². The SMILES string of the molecule is Cn1cccc1[C@@H]1CCCN1CC(=O)NN1C(=O)N[C@](C)(CCc2ccccc2)C1=O. The molecule has 2 saturated heterocycles. The molecule has 1 aromatic heterocycles. The van der Waals surface area contributed by atoms with E-state index in [-0.39, 0.29) is 18.5 Å². The van der Waals surface area contributed by atoms with Gasteiger partial charge >= 0.3 is 6.03 Å². The first-order chi connectivity index (χ1) is 14.9. The molecule has 0 radical (unpaired) electrons. The molecule has 0 unspecified atom stereocenters. The summed E-state index contributed by atoms with van der Waals surface area (Å²) in [5, 5.41) is 3.58. The number of carbonyl (C=O) groups excluding carboxylic acids is 3. The maximum Gasteiger partial charge on any atom is 0.344 e. The van der Waals surface area contributed by atoms with E-state index < -0.39 is 17.5 Å². The number of likely N-dealkylation sites (tertiary alicyclic amines) is 1. The highest BCUT2D eigenvalue weighted by Gasteiger charge is 2.48. The normalized spacial score (nSPS) is 23.9. The van der Waals surface area contributed by atoms with E-state index in [1.165, 1.54) is 0 Å². The summed E-state index contributed by atoms with van der Waals surface area (Å²) in [5.74, 6) is -0.792. The molecule has 0 spiro atoms. The van der Waals surface area contributed by atoms with Gasteiger partial charge in [0, 0.05) is 18.9 Å². The number of hydrogen-bond acceptors (Lipinski definition) is 4. The molecule has 4 amide bonds. The molecule has 8 nitrogen and oxygen atoms in total. The van der Waals surface area contributed by atoms with Gasteiger partial charge in [-0.25, -0.2) is 4.79 Å². The number of aryl methyl sites for hydroxylation is 2. The third kappa shape index (κ3) is 4.34. The third-order valence-electron chi connectivity index (χ3n) is 6.29. The van der Waals surface area contributed by atoms with Crippen molar-refractivity contribution in [3.8, 4) is 0 Å². The zero-order valence-corrected chi connectivity index (χ0v) is 18.0. The third-order valence-corrected chi connectivity index (χ3v) is 6.29. The van der Waals surface area contributed by atoms with Crippen LogP contribution in [-0.4, -0.2) is 50.9 Å². The number of benzene rings is 1. The summed E-state index contributed by atoms with van der Waals surface area (Å²) in [5.41, 5.74) is 3.73. The van der Waals surface area contributed by atoms with Crippen molar-refractivity contribution >= 4 is 17.8 Å². The summed E-state index contributed by atoms with van der Waals surface area (Å²) < 4.78 is 2.07. The Morgan fingerprint density at radius 1 is 1.19 bits per heavy atom. The maximum absolute atomic E-state index is 12.9. The molecule has 2 aromatic rings. The Morgan fingerprint density at radius 3 is 2.68 bits per heavy atom. The summed E-state index contributed by atoms with van der Waals surface area (Å²) in [7, 11) is 2.00. The number of hydrazine groups is 1. The zero-order chi connectivity index (χ0) is 22.0. The van der Waals surface area contributed by atoms with Crippen molar-refractivity contribution in [3.05, 3.63) is 59.9 Å². The molecule has 3 heterocycles. The van der Waals surface area contributed by atoms with E-state index in [0.717, 1.165) is 35.7 Å². The number of urea groups is 1. The molecule has 0 aliphatic carbocycles. The fourth-order valence-corrected chi connectivity index (χ4v) is 4.51. The topological polar surface area (TPSA) is 86.7 Å². The summed E-state index contributed by atoms with van der Waals surface area (Å²) in [4.78, 5) is 40.2. The summed E-state index contributed by atoms with van der Waals surface area (Å²) in [6, 6.07) is 13.4. The van der Waals surface area contributed by atoms with Crippen LogP contribution in [0.3, 0.4) is 0 Å². The Morgan fingerprint density at radius 2 is 1.97 bits per heavy atom. The lowest BCUT2D eigenvalue weighted by Gasteiger charge is -2.25. The van der Waals surface area contributed by atoms with Crippen LogP contribution in [-0.2, 0) is 23.1 Å². The van der Waals surface area contributed by atoms with Crippen LogP contribution < -0.4 is 10.7 Å². The molecule has 1 aromatic carbocycles. The molecular formula is C23H29N5O3. The van der Waals surface area contributed by atoms with E-state index in [1.807, 2.05) is 49.6 Å². The van der Waals surface area contributed by atoms with Crippen molar-refractivity contribution in [1.82, 2.24) is 25.2 Å². The van der Waals surface area contributed by atoms with Crippen molar-refractivity contribution in [2.24, 2.45) is 7.05 Å². The van der Waals surface area contributed by atoms with Crippen molar-refractivity contribution in [2.75, 3.05) is 13.1 Å². The second kappa shape index (κ2) is 8.55. The monoisotopic (exact) mass is 423 g/mol. The van der Waals surface area contributed by atoms with E-state index in [4.69, 9.17) is 0 Å². The molecule has 31 heavy (non-hydrogen) atoms. The standard InChI is InChI=1S/C23H29N5O3/c1-23(13-12-17-8-4-3-5-9-17)21(30)28(22(31)24-23)25-20(29)16-27-15-7-11-19(27)18-10-6-14-26(18)2/h3-6,8-10,14,19H,7,11-13,15-16H2,1-2H3,(H,24,31)(H,25,29)/t19-,23+/m0/s1. The molecule has 0 bridgehead atoms. The van der Waals surface area contributed by atoms with E-state index in [1.54, 1.807) is 6.92 Å². The van der Waals surface area contributed by atoms with Crippen LogP contribution in [0.15, 0.2) is 48.7 Å². The first kappa shape index (κ1) is 21.1. The fourth-order valence-electron chi connectivity index (χ4n) is 4.51. The van der Waals surface area contributed by atoms with E-state index in [2.05, 4.69) is 26.3 Å². The summed E-state index contributed by atoms with van der Waals surface area (Å²) >= 11 is 0. The van der Waals surface area contributed by atoms with Crippen molar-refractivity contribution in [1.29, 1.82) is 0 Å². The van der Waals surface area contributed by atoms with Gasteiger partial charge in [0.15, 0.2) is 0 Å². The van der Waals surface area contributed by atoms with Crippen molar-refractivity contribution < 1.29 is 14.4 Å². The first-order valence-electron chi connectivity index (χ1n) is 10.7. The van der Waals surface area contributed by atoms with Crippen LogP contribution >= 0.6 is 0 Å². The molecule has 2 atom stereocenters. The van der Waals surface area contributed by atoms with E-state index in [9.17, 15) is 14.4 Å². The van der Waals surface area contributed by atoms with Crippen LogP contribution in [0.2, 0.25) is 0 Å². The predicted molar refractivity (Wildman–Crippen MR) is 116 cm³/mol. The minimum atomic E-state index is -1.04. The van der Waals surface area contributed by atoms with E-state index >= 15 is 0 Å². The summed E-state index contributed by atoms with van der Waals surface area (Å²) in [6.45, 7) is 2.64. The molecule has 0 saturated carbocycles. The van der Waals surface area contributed by atoms with Crippen LogP contribution in [0, 0.1) is 0 Å². The molecule has 4 rings (SSSR count). The fraction of sp³-hybridized carbons (Fsp3) is 0.435. The number of rotatable bonds is 7. The molecule has 2 N–H and O–H groups in total. The van der Waals surface area contributed by atoms with Gasteiger partial charge in [0.25, 0.3) is 11.8 Å². The number of imide groups is 1. The first-order valence-corrected chi connectivity index (χ1v) is 10.7. The average Bonchev–Trinajstić information content (AvgIpc) is 3.43. The quantitative estimate of drug-likeness (QED) is 0.668. The number of nitrogens with zero attached hydrogens (tertiary/aromatic N) is 3. The van der Waals surface area contributed by atoms with Gasteiger partial charge in [-0.1, -0.05) is 30.3 Å². The number of aromatic nitrogens is 1. The van der Waals surface area contributed by atoms with Gasteiger partial charge in [-0.15, -0.1) is 0 Å². The second-order valence-corrected chi connectivity index (χ2v) is 8.60. The number of nitrogens with one attached hydrogen (secondary N) is 2. The summed E-state index contributed by atoms with van der Waals surface area (Å²) in [6.07, 6.45) is 5.08. The molecule has 2 fully saturated rings. The molecule has 164 valence electrons. The number of carbonyl (C=O) groups is 3. The van der Waals surface area contributed by atoms with Gasteiger partial charge in [-0.05, 0) is 56.8 Å². The minimum Gasteiger partial charge on any atom is -0.353 e. The number of hydrogen-bond donors (Lipinski definition) is 2. The lowest BCUT2D eigenvalue weighted by molar-refractivity contribution is -0.139. The lowest BCUT2D eigenvalue weighted by atomic mass is 9.93. The Kier molecular flexibility index (Phi) is 5.82. The van der Waals surface area contributed by atoms with Crippen molar-refractivity contribution in [3.63, 3.8) is 0 Å². The highest BCUT2D eigenvalue weighted by Crippen LogP contribution is 2.31. The van der Waals surface area contributed by atoms with Crippen LogP contribution in [0.5, 0.6) is 0 Å². The number of amides is 4. The van der Waals surface area contributed by atoms with Crippen LogP contribution in [0.4, 0.5) is 4.79 Å². The highest BCUT2D eigenvalue weighted by molar-refractivity contribution is 6.07. The lowest BCUT2D eigenvalue weighted by Crippen LogP contribution is -2.51. The Bertz CT molecular complexity index is 973. The van der Waals surface area contributed by atoms with Gasteiger partial charge in [0.1, 0.15) is 5.54 Å². The minimum absolute atomic E-state index is 0.133. The van der Waals surface area contributed by atoms with Gasteiger partial charge in [0.05, 0.1) is 12.6 Å². The molecular weight excluding hydrogens is 394 g/mol. The predicted octanol–water partition coefficient (Wildman–Crippen LogP) is 2.14. The van der Waals surface area contributed by atoms with Crippen molar-refractivity contribution in [2.45, 2.75) is 44.2 Å². The molecule has 2 aliphatic rings. The largest absolute Gasteiger partial charge is 0.353 e. The van der Waals surface area contributed by atoms with Crippen LogP contribution in [0.25, 0.3) is 0 Å². The Balaban J connectivity index is 1.36. The molecule has 8 heteroatoms. The zero-order valence-electron chi connectivity index (χ0n) is 18.0. The smallest absolute Gasteiger partial charge is 0.344 e. The highest BCUT2D eigenvalue weighted by atomic mass is 16.2. The van der Waals surface area contributed by atoms with Gasteiger partial charge < -0.3 is 9.88 Å². The second-order valence-electron chi connectivity index (χ2n) is 8.60.